The quantitative estimate of drug-likeness (QED) is 0.335. The third kappa shape index (κ3) is 67.9. The maximum absolute atomic E-state index is 8.55. The second-order valence-electron chi connectivity index (χ2n) is 0.447. The molecule has 0 aromatic rings. The first-order valence-corrected chi connectivity index (χ1v) is 2.19. The van der Waals surface area contributed by atoms with Gasteiger partial charge in [0.1, 0.15) is 0 Å². The fraction of sp³-hybridized carbons (Fsp3) is 0. The summed E-state index contributed by atoms with van der Waals surface area (Å²) >= 11 is 0. The van der Waals surface area contributed by atoms with Gasteiger partial charge in [-0.1, -0.05) is 0 Å². The van der Waals surface area contributed by atoms with E-state index in [4.69, 9.17) is 19.2 Å². The number of rotatable bonds is 0. The molecule has 4 nitrogen and oxygen atoms in total. The Bertz CT molecular complexity index is 61.9. The molecule has 0 aliphatic carbocycles. The summed E-state index contributed by atoms with van der Waals surface area (Å²) in [5, 5.41) is 0. The van der Waals surface area contributed by atoms with Crippen LogP contribution in [-0.2, 0) is 24.0 Å². The summed E-state index contributed by atoms with van der Waals surface area (Å²) in [5.74, 6) is 0. The zero-order valence-corrected chi connectivity index (χ0v) is 15.4. The molecule has 0 aromatic carbocycles. The van der Waals surface area contributed by atoms with E-state index in [0.717, 1.165) is 0 Å². The van der Waals surface area contributed by atoms with E-state index in [0.29, 0.717) is 0 Å². The maximum atomic E-state index is 8.55. The topological polar surface area (TPSA) is 86.2 Å². The van der Waals surface area contributed by atoms with Crippen LogP contribution in [0.2, 0.25) is 0 Å². The minimum absolute atomic E-state index is 0. The van der Waals surface area contributed by atoms with Crippen LogP contribution < -0.4 is 14.7 Å². The van der Waals surface area contributed by atoms with Crippen molar-refractivity contribution >= 4 is 121 Å². The number of hydrogen-bond acceptors (Lipinski definition) is 4. The third-order valence-corrected chi connectivity index (χ3v) is 0. The van der Waals surface area contributed by atoms with E-state index >= 15 is 0 Å². The second kappa shape index (κ2) is 15.0. The molecule has 0 saturated heterocycles. The van der Waals surface area contributed by atoms with E-state index in [2.05, 4.69) is 0 Å². The summed E-state index contributed by atoms with van der Waals surface area (Å²) in [6, 6.07) is 0. The summed E-state index contributed by atoms with van der Waals surface area (Å²) in [5.41, 5.74) is 0. The van der Waals surface area contributed by atoms with Crippen molar-refractivity contribution in [2.24, 2.45) is 0 Å². The van der Waals surface area contributed by atoms with Crippen molar-refractivity contribution in [3.63, 3.8) is 0 Å². The molecular formula is Ca3O4PZn+5. The third-order valence-electron chi connectivity index (χ3n) is 0. The molecule has 0 aliphatic rings. The maximum Gasteiger partial charge on any atom is 2.00 e. The molecule has 9 heteroatoms. The monoisotopic (exact) mass is 279 g/mol. The van der Waals surface area contributed by atoms with Gasteiger partial charge in [0.15, 0.2) is 0 Å². The molecule has 9 heavy (non-hydrogen) atoms. The molecule has 0 atom stereocenters. The first kappa shape index (κ1) is 29.2. The van der Waals surface area contributed by atoms with Crippen molar-refractivity contribution < 1.29 is 38.7 Å². The fourth-order valence-electron chi connectivity index (χ4n) is 0. The molecule has 0 rings (SSSR count). The first-order valence-electron chi connectivity index (χ1n) is 0.730. The zero-order valence-electron chi connectivity index (χ0n) is 4.91. The molecule has 0 N–H and O–H groups in total. The van der Waals surface area contributed by atoms with Gasteiger partial charge < -0.3 is 19.2 Å². The smallest absolute Gasteiger partial charge is 0.822 e. The Morgan fingerprint density at radius 2 is 0.889 bits per heavy atom. The van der Waals surface area contributed by atoms with Gasteiger partial charge in [-0.05, 0) is 0 Å². The Kier molecular flexibility index (Phi) is 48.7. The molecular weight excluding hydrogens is 281 g/mol. The predicted octanol–water partition coefficient (Wildman–Crippen LogP) is -3.97. The number of hydrogen-bond donors (Lipinski definition) is 0. The molecule has 0 radical (unpaired) electrons. The van der Waals surface area contributed by atoms with Gasteiger partial charge >= 0.3 is 133 Å². The Balaban J connectivity index is -0.0000000133. The van der Waals surface area contributed by atoms with Crippen molar-refractivity contribution in [3.8, 4) is 0 Å². The SMILES string of the molecule is O=P([O-])([O-])[O-].[Ca+2].[Ca+2].[Ca+2].[Zn+2]. The van der Waals surface area contributed by atoms with Gasteiger partial charge in [-0.3, -0.25) is 0 Å². The standard InChI is InChI=1S/3Ca.H3O4P.Zn/c;;;1-5(2,3)4;/h;;;(H3,1,2,3,4);/q3*+2;;+2/p-3. The minimum Gasteiger partial charge on any atom is -0.822 e. The fourth-order valence-corrected chi connectivity index (χ4v) is 0. The van der Waals surface area contributed by atoms with Crippen LogP contribution in [-0.4, -0.2) is 113 Å². The molecule has 0 bridgehead atoms. The first-order chi connectivity index (χ1) is 2.00. The van der Waals surface area contributed by atoms with Gasteiger partial charge in [0.2, 0.25) is 0 Å². The molecule has 32 valence electrons. The van der Waals surface area contributed by atoms with E-state index in [9.17, 15) is 0 Å². The molecule has 0 aliphatic heterocycles. The average molecular weight is 281 g/mol. The van der Waals surface area contributed by atoms with Crippen LogP contribution in [0, 0.1) is 0 Å². The van der Waals surface area contributed by atoms with Gasteiger partial charge in [0, 0.05) is 0 Å². The summed E-state index contributed by atoms with van der Waals surface area (Å²) in [6.45, 7) is 0. The van der Waals surface area contributed by atoms with Gasteiger partial charge in [0.25, 0.3) is 0 Å². The summed E-state index contributed by atoms with van der Waals surface area (Å²) in [6.07, 6.45) is 0. The van der Waals surface area contributed by atoms with Crippen LogP contribution in [0.1, 0.15) is 0 Å². The predicted molar refractivity (Wildman–Crippen MR) is 24.9 cm³/mol. The van der Waals surface area contributed by atoms with Gasteiger partial charge in [-0.25, -0.2) is 0 Å². The summed E-state index contributed by atoms with van der Waals surface area (Å²) in [4.78, 5) is 25.6. The molecule has 0 aromatic heterocycles. The van der Waals surface area contributed by atoms with Crippen LogP contribution in [0.25, 0.3) is 0 Å². The van der Waals surface area contributed by atoms with E-state index in [1.165, 1.54) is 0 Å². The zero-order chi connectivity index (χ0) is 4.50. The molecule has 0 amide bonds. The summed E-state index contributed by atoms with van der Waals surface area (Å²) in [7, 11) is -5.39. The molecule has 0 unspecified atom stereocenters. The van der Waals surface area contributed by atoms with Crippen molar-refractivity contribution in [2.75, 3.05) is 0 Å². The van der Waals surface area contributed by atoms with E-state index in [1.807, 2.05) is 0 Å². The molecule has 0 saturated carbocycles. The average Bonchev–Trinajstić information content (AvgIpc) is 0.722. The van der Waals surface area contributed by atoms with Crippen molar-refractivity contribution in [2.45, 2.75) is 0 Å². The number of phosphoric acid groups is 1. The Morgan fingerprint density at radius 1 is 0.889 bits per heavy atom. The van der Waals surface area contributed by atoms with Crippen LogP contribution in [0.15, 0.2) is 0 Å². The van der Waals surface area contributed by atoms with E-state index < -0.39 is 7.82 Å². The molecule has 0 spiro atoms. The van der Waals surface area contributed by atoms with Crippen LogP contribution >= 0.6 is 7.82 Å². The van der Waals surface area contributed by atoms with E-state index in [1.54, 1.807) is 0 Å². The normalized spacial score (nSPS) is 6.56. The largest absolute Gasteiger partial charge is 2.00 e. The van der Waals surface area contributed by atoms with Gasteiger partial charge in [-0.2, -0.15) is 7.82 Å². The van der Waals surface area contributed by atoms with Crippen molar-refractivity contribution in [3.05, 3.63) is 0 Å². The Hall–Kier alpha value is 4.51. The van der Waals surface area contributed by atoms with Crippen LogP contribution in [0.3, 0.4) is 0 Å². The molecule has 0 fully saturated rings. The second-order valence-corrected chi connectivity index (χ2v) is 1.34. The van der Waals surface area contributed by atoms with Crippen LogP contribution in [0.5, 0.6) is 0 Å². The molecule has 0 heterocycles. The Labute approximate surface area is 156 Å². The van der Waals surface area contributed by atoms with Gasteiger partial charge in [0.05, 0.1) is 0 Å². The minimum atomic E-state index is -5.39. The Morgan fingerprint density at radius 3 is 0.889 bits per heavy atom. The summed E-state index contributed by atoms with van der Waals surface area (Å²) < 4.78 is 8.55. The van der Waals surface area contributed by atoms with Crippen molar-refractivity contribution in [1.29, 1.82) is 0 Å². The van der Waals surface area contributed by atoms with Crippen molar-refractivity contribution in [1.82, 2.24) is 0 Å². The van der Waals surface area contributed by atoms with E-state index in [-0.39, 0.29) is 133 Å². The van der Waals surface area contributed by atoms with Gasteiger partial charge in [-0.15, -0.1) is 0 Å². The van der Waals surface area contributed by atoms with Crippen LogP contribution in [0.4, 0.5) is 0 Å².